The molecule has 2 rings (SSSR count). The molecule has 1 aliphatic rings. The lowest BCUT2D eigenvalue weighted by Gasteiger charge is -2.50. The maximum absolute atomic E-state index is 12.1. The van der Waals surface area contributed by atoms with Crippen molar-refractivity contribution in [2.24, 2.45) is 5.92 Å². The third kappa shape index (κ3) is 4.17. The molecule has 0 unspecified atom stereocenters. The molecule has 1 saturated heterocycles. The first-order chi connectivity index (χ1) is 11.3. The topological polar surface area (TPSA) is 35.5 Å². The summed E-state index contributed by atoms with van der Waals surface area (Å²) in [5.74, 6) is -0.516. The van der Waals surface area contributed by atoms with Gasteiger partial charge in [-0.05, 0) is 29.6 Å². The van der Waals surface area contributed by atoms with Crippen LogP contribution in [0, 0.1) is 5.92 Å². The van der Waals surface area contributed by atoms with Crippen molar-refractivity contribution in [2.45, 2.75) is 57.3 Å². The Morgan fingerprint density at radius 1 is 1.21 bits per heavy atom. The zero-order valence-electron chi connectivity index (χ0n) is 15.5. The van der Waals surface area contributed by atoms with E-state index < -0.39 is 8.32 Å². The van der Waals surface area contributed by atoms with Crippen molar-refractivity contribution in [3.63, 3.8) is 0 Å². The molecule has 0 aliphatic carbocycles. The van der Waals surface area contributed by atoms with Crippen LogP contribution in [-0.2, 0) is 14.0 Å². The molecule has 0 bridgehead atoms. The lowest BCUT2D eigenvalue weighted by atomic mass is 10.0. The number of carbonyl (C=O) groups excluding carboxylic acids is 1. The minimum absolute atomic E-state index is 0.180. The van der Waals surface area contributed by atoms with Gasteiger partial charge in [0.25, 0.3) is 0 Å². The lowest BCUT2D eigenvalue weighted by Crippen LogP contribution is -2.55. The van der Waals surface area contributed by atoms with Gasteiger partial charge in [0, 0.05) is 0 Å². The SMILES string of the molecule is COC(=O)[C@H](C)[C@H](/C=C/c1ccccc1)O[Si]1(C(C)(C)C)CCC1. The summed E-state index contributed by atoms with van der Waals surface area (Å²) in [6.07, 6.45) is 5.10. The number of rotatable bonds is 6. The van der Waals surface area contributed by atoms with Gasteiger partial charge in [-0.1, -0.05) is 69.7 Å². The summed E-state index contributed by atoms with van der Waals surface area (Å²) in [4.78, 5) is 12.1. The molecule has 0 N–H and O–H groups in total. The number of esters is 1. The lowest BCUT2D eigenvalue weighted by molar-refractivity contribution is -0.147. The van der Waals surface area contributed by atoms with Crippen molar-refractivity contribution in [1.29, 1.82) is 0 Å². The Hall–Kier alpha value is -1.39. The summed E-state index contributed by atoms with van der Waals surface area (Å²) >= 11 is 0. The summed E-state index contributed by atoms with van der Waals surface area (Å²) in [6.45, 7) is 8.73. The normalized spacial score (nSPS) is 19.5. The molecule has 1 aromatic carbocycles. The first-order valence-electron chi connectivity index (χ1n) is 8.78. The summed E-state index contributed by atoms with van der Waals surface area (Å²) in [6, 6.07) is 12.5. The van der Waals surface area contributed by atoms with Crippen molar-refractivity contribution in [3.05, 3.63) is 42.0 Å². The Balaban J connectivity index is 2.23. The van der Waals surface area contributed by atoms with Gasteiger partial charge >= 0.3 is 5.97 Å². The van der Waals surface area contributed by atoms with Gasteiger partial charge in [0.15, 0.2) is 8.32 Å². The Morgan fingerprint density at radius 3 is 2.29 bits per heavy atom. The van der Waals surface area contributed by atoms with E-state index in [-0.39, 0.29) is 23.0 Å². The van der Waals surface area contributed by atoms with Crippen LogP contribution in [0.15, 0.2) is 36.4 Å². The summed E-state index contributed by atoms with van der Waals surface area (Å²) < 4.78 is 11.7. The quantitative estimate of drug-likeness (QED) is 0.534. The van der Waals surface area contributed by atoms with E-state index in [1.807, 2.05) is 37.3 Å². The summed E-state index contributed by atoms with van der Waals surface area (Å²) in [5, 5.41) is 0.180. The van der Waals surface area contributed by atoms with E-state index in [4.69, 9.17) is 9.16 Å². The standard InChI is InChI=1S/C20H30O3Si/c1-16(19(21)22-5)18(13-12-17-10-7-6-8-11-17)23-24(14-9-15-24)20(2,3)4/h6-8,10-13,16,18H,9,14-15H2,1-5H3/b13-12+/t16-,18+/m1/s1. The number of carbonyl (C=O) groups is 1. The van der Waals surface area contributed by atoms with Crippen LogP contribution in [0.25, 0.3) is 6.08 Å². The molecule has 132 valence electrons. The van der Waals surface area contributed by atoms with Crippen molar-refractivity contribution in [1.82, 2.24) is 0 Å². The van der Waals surface area contributed by atoms with Gasteiger partial charge < -0.3 is 9.16 Å². The Kier molecular flexibility index (Phi) is 6.05. The van der Waals surface area contributed by atoms with Gasteiger partial charge in [0.1, 0.15) is 0 Å². The highest BCUT2D eigenvalue weighted by Gasteiger charge is 2.53. The zero-order chi connectivity index (χ0) is 17.8. The monoisotopic (exact) mass is 346 g/mol. The molecule has 0 amide bonds. The number of benzene rings is 1. The van der Waals surface area contributed by atoms with E-state index in [2.05, 4.69) is 32.9 Å². The summed E-state index contributed by atoms with van der Waals surface area (Å²) in [7, 11) is -0.385. The van der Waals surface area contributed by atoms with Crippen molar-refractivity contribution >= 4 is 20.4 Å². The van der Waals surface area contributed by atoms with E-state index in [1.165, 1.54) is 25.6 Å². The highest BCUT2D eigenvalue weighted by atomic mass is 28.4. The van der Waals surface area contributed by atoms with E-state index in [1.54, 1.807) is 0 Å². The van der Waals surface area contributed by atoms with Gasteiger partial charge in [-0.25, -0.2) is 0 Å². The third-order valence-electron chi connectivity index (χ3n) is 5.23. The van der Waals surface area contributed by atoms with Crippen LogP contribution in [0.3, 0.4) is 0 Å². The van der Waals surface area contributed by atoms with Crippen molar-refractivity contribution < 1.29 is 14.0 Å². The van der Waals surface area contributed by atoms with Gasteiger partial charge in [0.05, 0.1) is 19.1 Å². The minimum Gasteiger partial charge on any atom is -0.469 e. The van der Waals surface area contributed by atoms with Crippen molar-refractivity contribution in [3.8, 4) is 0 Å². The number of hydrogen-bond donors (Lipinski definition) is 0. The molecule has 24 heavy (non-hydrogen) atoms. The van der Waals surface area contributed by atoms with Gasteiger partial charge in [-0.15, -0.1) is 0 Å². The molecule has 2 atom stereocenters. The van der Waals surface area contributed by atoms with Gasteiger partial charge in [-0.2, -0.15) is 0 Å². The molecule has 0 spiro atoms. The van der Waals surface area contributed by atoms with E-state index in [0.29, 0.717) is 0 Å². The molecule has 1 heterocycles. The third-order valence-corrected chi connectivity index (χ3v) is 11.0. The maximum Gasteiger partial charge on any atom is 0.311 e. The average Bonchev–Trinajstić information content (AvgIpc) is 2.51. The van der Waals surface area contributed by atoms with Crippen LogP contribution in [0.1, 0.15) is 39.7 Å². The predicted octanol–water partition coefficient (Wildman–Crippen LogP) is 5.04. The fourth-order valence-corrected chi connectivity index (χ4v) is 7.09. The molecule has 0 saturated carbocycles. The number of methoxy groups -OCH3 is 1. The second kappa shape index (κ2) is 7.66. The molecule has 1 fully saturated rings. The Bertz CT molecular complexity index is 570. The van der Waals surface area contributed by atoms with Crippen molar-refractivity contribution in [2.75, 3.05) is 7.11 Å². The largest absolute Gasteiger partial charge is 0.469 e. The van der Waals surface area contributed by atoms with Crippen LogP contribution in [0.2, 0.25) is 17.1 Å². The average molecular weight is 347 g/mol. The predicted molar refractivity (Wildman–Crippen MR) is 101 cm³/mol. The zero-order valence-corrected chi connectivity index (χ0v) is 16.5. The smallest absolute Gasteiger partial charge is 0.311 e. The first-order valence-corrected chi connectivity index (χ1v) is 11.1. The van der Waals surface area contributed by atoms with E-state index in [9.17, 15) is 4.79 Å². The van der Waals surface area contributed by atoms with Crippen LogP contribution < -0.4 is 0 Å². The molecule has 4 heteroatoms. The second-order valence-corrected chi connectivity index (χ2v) is 12.5. The van der Waals surface area contributed by atoms with E-state index in [0.717, 1.165) is 5.56 Å². The minimum atomic E-state index is -1.83. The highest BCUT2D eigenvalue weighted by molar-refractivity contribution is 6.79. The Labute approximate surface area is 147 Å². The first kappa shape index (κ1) is 18.9. The molecule has 1 aliphatic heterocycles. The van der Waals surface area contributed by atoms with Crippen LogP contribution in [0.4, 0.5) is 0 Å². The van der Waals surface area contributed by atoms with Crippen LogP contribution in [-0.4, -0.2) is 27.5 Å². The maximum atomic E-state index is 12.1. The second-order valence-electron chi connectivity index (χ2n) is 7.76. The van der Waals surface area contributed by atoms with Gasteiger partial charge in [0.2, 0.25) is 0 Å². The molecular weight excluding hydrogens is 316 g/mol. The fourth-order valence-electron chi connectivity index (χ4n) is 3.20. The highest BCUT2D eigenvalue weighted by Crippen LogP contribution is 2.51. The molecule has 0 aromatic heterocycles. The molecule has 1 aromatic rings. The molecule has 3 nitrogen and oxygen atoms in total. The summed E-state index contributed by atoms with van der Waals surface area (Å²) in [5.41, 5.74) is 1.11. The Morgan fingerprint density at radius 2 is 1.83 bits per heavy atom. The van der Waals surface area contributed by atoms with Crippen LogP contribution >= 0.6 is 0 Å². The molecular formula is C20H30O3Si. The van der Waals surface area contributed by atoms with Gasteiger partial charge in [-0.3, -0.25) is 4.79 Å². The number of hydrogen-bond acceptors (Lipinski definition) is 3. The van der Waals surface area contributed by atoms with Crippen LogP contribution in [0.5, 0.6) is 0 Å². The number of ether oxygens (including phenoxy) is 1. The fraction of sp³-hybridized carbons (Fsp3) is 0.550. The molecule has 0 radical (unpaired) electrons. The van der Waals surface area contributed by atoms with E-state index >= 15 is 0 Å².